The van der Waals surface area contributed by atoms with Crippen LogP contribution >= 0.6 is 0 Å². The van der Waals surface area contributed by atoms with Gasteiger partial charge in [-0.2, -0.15) is 0 Å². The summed E-state index contributed by atoms with van der Waals surface area (Å²) in [4.78, 5) is 27.4. The summed E-state index contributed by atoms with van der Waals surface area (Å²) in [5.74, 6) is 0.869. The third kappa shape index (κ3) is 7.97. The van der Waals surface area contributed by atoms with Crippen LogP contribution in [0.5, 0.6) is 0 Å². The number of alkyl carbamates (subject to hydrolysis) is 1. The van der Waals surface area contributed by atoms with Gasteiger partial charge >= 0.3 is 6.09 Å². The standard InChI is InChI=1S/C21H23N7O3/c29-20(14-25-21(30)31-15-16-4-2-1-3-5-16)24-13-12-23-18-6-7-19(28-27-18)26-17-8-10-22-11-9-17/h1-11H,12-15H2,(H,23,27)(H,24,29)(H,25,30)(H,22,26,28). The van der Waals surface area contributed by atoms with Crippen LogP contribution in [0.3, 0.4) is 0 Å². The Morgan fingerprint density at radius 1 is 0.839 bits per heavy atom. The maximum atomic E-state index is 11.8. The normalized spacial score (nSPS) is 10.1. The molecule has 0 spiro atoms. The number of hydrogen-bond donors (Lipinski definition) is 4. The second-order valence-corrected chi connectivity index (χ2v) is 6.36. The van der Waals surface area contributed by atoms with E-state index in [9.17, 15) is 9.59 Å². The average Bonchev–Trinajstić information content (AvgIpc) is 2.81. The maximum absolute atomic E-state index is 11.8. The number of nitrogens with zero attached hydrogens (tertiary/aromatic N) is 3. The lowest BCUT2D eigenvalue weighted by atomic mass is 10.2. The van der Waals surface area contributed by atoms with Crippen LogP contribution in [0.25, 0.3) is 0 Å². The highest BCUT2D eigenvalue weighted by molar-refractivity contribution is 5.82. The molecule has 4 N–H and O–H groups in total. The van der Waals surface area contributed by atoms with Crippen LogP contribution in [0, 0.1) is 0 Å². The first kappa shape index (κ1) is 21.5. The van der Waals surface area contributed by atoms with Crippen molar-refractivity contribution >= 4 is 29.3 Å². The van der Waals surface area contributed by atoms with Crippen molar-refractivity contribution in [2.75, 3.05) is 30.3 Å². The second-order valence-electron chi connectivity index (χ2n) is 6.36. The average molecular weight is 421 g/mol. The van der Waals surface area contributed by atoms with Crippen LogP contribution in [0.4, 0.5) is 22.1 Å². The molecule has 0 aliphatic rings. The van der Waals surface area contributed by atoms with E-state index in [-0.39, 0.29) is 19.1 Å². The zero-order valence-corrected chi connectivity index (χ0v) is 16.7. The molecule has 3 aromatic rings. The molecule has 10 nitrogen and oxygen atoms in total. The van der Waals surface area contributed by atoms with E-state index in [0.29, 0.717) is 24.7 Å². The van der Waals surface area contributed by atoms with Crippen LogP contribution in [0.1, 0.15) is 5.56 Å². The van der Waals surface area contributed by atoms with Crippen LogP contribution in [-0.2, 0) is 16.1 Å². The summed E-state index contributed by atoms with van der Waals surface area (Å²) in [6.07, 6.45) is 2.72. The molecule has 0 saturated heterocycles. The Bertz CT molecular complexity index is 954. The number of amides is 2. The number of carbonyl (C=O) groups excluding carboxylic acids is 2. The van der Waals surface area contributed by atoms with Crippen LogP contribution in [0.2, 0.25) is 0 Å². The van der Waals surface area contributed by atoms with Gasteiger partial charge in [-0.15, -0.1) is 10.2 Å². The zero-order valence-electron chi connectivity index (χ0n) is 16.7. The molecule has 160 valence electrons. The van der Waals surface area contributed by atoms with Crippen LogP contribution in [0.15, 0.2) is 67.0 Å². The summed E-state index contributed by atoms with van der Waals surface area (Å²) in [7, 11) is 0. The molecule has 2 heterocycles. The Morgan fingerprint density at radius 2 is 1.58 bits per heavy atom. The van der Waals surface area contributed by atoms with E-state index in [2.05, 4.69) is 36.4 Å². The summed E-state index contributed by atoms with van der Waals surface area (Å²) in [5.41, 5.74) is 1.74. The number of carbonyl (C=O) groups is 2. The van der Waals surface area contributed by atoms with Crippen molar-refractivity contribution in [3.8, 4) is 0 Å². The summed E-state index contributed by atoms with van der Waals surface area (Å²) in [6.45, 7) is 0.799. The molecule has 0 aliphatic carbocycles. The number of rotatable bonds is 10. The Labute approximate surface area is 179 Å². The number of aromatic nitrogens is 3. The van der Waals surface area contributed by atoms with Gasteiger partial charge in [-0.1, -0.05) is 30.3 Å². The molecule has 10 heteroatoms. The lowest BCUT2D eigenvalue weighted by molar-refractivity contribution is -0.120. The Morgan fingerprint density at radius 3 is 2.32 bits per heavy atom. The highest BCUT2D eigenvalue weighted by atomic mass is 16.5. The molecule has 0 saturated carbocycles. The number of benzene rings is 1. The van der Waals surface area contributed by atoms with Gasteiger partial charge in [0, 0.05) is 31.2 Å². The van der Waals surface area contributed by atoms with Gasteiger partial charge in [0.2, 0.25) is 5.91 Å². The van der Waals surface area contributed by atoms with Crippen molar-refractivity contribution in [2.45, 2.75) is 6.61 Å². The maximum Gasteiger partial charge on any atom is 0.407 e. The number of hydrogen-bond acceptors (Lipinski definition) is 8. The van der Waals surface area contributed by atoms with Gasteiger partial charge in [-0.05, 0) is 29.8 Å². The molecular weight excluding hydrogens is 398 g/mol. The number of anilines is 3. The van der Waals surface area contributed by atoms with Gasteiger partial charge in [-0.3, -0.25) is 9.78 Å². The minimum absolute atomic E-state index is 0.149. The first-order valence-electron chi connectivity index (χ1n) is 9.65. The first-order chi connectivity index (χ1) is 15.2. The van der Waals surface area contributed by atoms with E-state index in [1.807, 2.05) is 42.5 Å². The van der Waals surface area contributed by atoms with E-state index in [0.717, 1.165) is 11.3 Å². The topological polar surface area (TPSA) is 130 Å². The molecule has 2 aromatic heterocycles. The zero-order chi connectivity index (χ0) is 21.7. The van der Waals surface area contributed by atoms with Gasteiger partial charge in [0.05, 0.1) is 6.54 Å². The van der Waals surface area contributed by atoms with Crippen LogP contribution < -0.4 is 21.3 Å². The Balaban J connectivity index is 1.27. The summed E-state index contributed by atoms with van der Waals surface area (Å²) in [6, 6.07) is 16.5. The molecule has 0 atom stereocenters. The first-order valence-corrected chi connectivity index (χ1v) is 9.65. The summed E-state index contributed by atoms with van der Waals surface area (Å²) in [5, 5.41) is 19.4. The summed E-state index contributed by atoms with van der Waals surface area (Å²) < 4.78 is 5.04. The van der Waals surface area contributed by atoms with Crippen LogP contribution in [-0.4, -0.2) is 46.8 Å². The number of pyridine rings is 1. The highest BCUT2D eigenvalue weighted by Gasteiger charge is 2.06. The molecule has 0 fully saturated rings. The predicted octanol–water partition coefficient (Wildman–Crippen LogP) is 2.07. The lowest BCUT2D eigenvalue weighted by Gasteiger charge is -2.09. The van der Waals surface area contributed by atoms with E-state index >= 15 is 0 Å². The van der Waals surface area contributed by atoms with Crippen molar-refractivity contribution < 1.29 is 14.3 Å². The molecule has 0 radical (unpaired) electrons. The van der Waals surface area contributed by atoms with Crippen molar-refractivity contribution in [2.24, 2.45) is 0 Å². The highest BCUT2D eigenvalue weighted by Crippen LogP contribution is 2.13. The van der Waals surface area contributed by atoms with Crippen molar-refractivity contribution in [1.29, 1.82) is 0 Å². The Hall–Kier alpha value is -4.21. The molecular formula is C21H23N7O3. The minimum atomic E-state index is -0.645. The molecule has 1 aromatic carbocycles. The van der Waals surface area contributed by atoms with Gasteiger partial charge in [0.1, 0.15) is 12.4 Å². The molecule has 0 aliphatic heterocycles. The van der Waals surface area contributed by atoms with E-state index in [1.54, 1.807) is 24.5 Å². The molecule has 31 heavy (non-hydrogen) atoms. The molecule has 3 rings (SSSR count). The lowest BCUT2D eigenvalue weighted by Crippen LogP contribution is -2.38. The number of nitrogens with one attached hydrogen (secondary N) is 4. The smallest absolute Gasteiger partial charge is 0.407 e. The van der Waals surface area contributed by atoms with E-state index in [1.165, 1.54) is 0 Å². The van der Waals surface area contributed by atoms with Crippen molar-refractivity contribution in [3.05, 3.63) is 72.6 Å². The molecule has 2 amide bonds. The van der Waals surface area contributed by atoms with E-state index in [4.69, 9.17) is 4.74 Å². The number of ether oxygens (including phenoxy) is 1. The van der Waals surface area contributed by atoms with Crippen molar-refractivity contribution in [3.63, 3.8) is 0 Å². The fraction of sp³-hybridized carbons (Fsp3) is 0.190. The minimum Gasteiger partial charge on any atom is -0.445 e. The monoisotopic (exact) mass is 421 g/mol. The molecule has 0 unspecified atom stereocenters. The third-order valence-corrected chi connectivity index (χ3v) is 3.98. The SMILES string of the molecule is O=C(CNC(=O)OCc1ccccc1)NCCNc1ccc(Nc2ccncc2)nn1. The second kappa shape index (κ2) is 11.7. The fourth-order valence-corrected chi connectivity index (χ4v) is 2.46. The fourth-order valence-electron chi connectivity index (χ4n) is 2.46. The van der Waals surface area contributed by atoms with Gasteiger partial charge in [0.25, 0.3) is 0 Å². The van der Waals surface area contributed by atoms with Gasteiger partial charge < -0.3 is 26.0 Å². The molecule has 0 bridgehead atoms. The Kier molecular flexibility index (Phi) is 8.12. The predicted molar refractivity (Wildman–Crippen MR) is 116 cm³/mol. The van der Waals surface area contributed by atoms with Crippen molar-refractivity contribution in [1.82, 2.24) is 25.8 Å². The third-order valence-electron chi connectivity index (χ3n) is 3.98. The summed E-state index contributed by atoms with van der Waals surface area (Å²) >= 11 is 0. The van der Waals surface area contributed by atoms with Gasteiger partial charge in [-0.25, -0.2) is 4.79 Å². The quantitative estimate of drug-likeness (QED) is 0.366. The van der Waals surface area contributed by atoms with E-state index < -0.39 is 6.09 Å². The van der Waals surface area contributed by atoms with Gasteiger partial charge in [0.15, 0.2) is 5.82 Å². The largest absolute Gasteiger partial charge is 0.445 e.